The van der Waals surface area contributed by atoms with Crippen molar-refractivity contribution in [3.8, 4) is 0 Å². The van der Waals surface area contributed by atoms with E-state index in [1.165, 1.54) is 24.3 Å². The summed E-state index contributed by atoms with van der Waals surface area (Å²) in [6, 6.07) is 13.0. The Morgan fingerprint density at radius 1 is 0.767 bits per heavy atom. The molecule has 2 aromatic carbocycles. The van der Waals surface area contributed by atoms with Gasteiger partial charge in [-0.1, -0.05) is 0 Å². The van der Waals surface area contributed by atoms with Crippen LogP contribution in [0.5, 0.6) is 0 Å². The number of nitrogens with one attached hydrogen (secondary N) is 2. The third-order valence-corrected chi connectivity index (χ3v) is 5.33. The van der Waals surface area contributed by atoms with Crippen LogP contribution in [0.15, 0.2) is 48.5 Å². The Morgan fingerprint density at radius 3 is 1.43 bits per heavy atom. The fraction of sp³-hybridized carbons (Fsp3) is 0.429. The lowest BCUT2D eigenvalue weighted by atomic mass is 10.2. The SMILES string of the molecule is CC[N+](C)(CCCNc1ccc([N+](=O)[O-])cc1)CCCNc1ccc([N+](=O)[O-])cc1. The lowest BCUT2D eigenvalue weighted by Crippen LogP contribution is -2.46. The lowest BCUT2D eigenvalue weighted by molar-refractivity contribution is -0.907. The average molecular weight is 417 g/mol. The Balaban J connectivity index is 1.68. The zero-order valence-electron chi connectivity index (χ0n) is 17.5. The Bertz CT molecular complexity index is 759. The highest BCUT2D eigenvalue weighted by atomic mass is 16.6. The quantitative estimate of drug-likeness (QED) is 0.218. The zero-order chi connectivity index (χ0) is 22.0. The molecule has 30 heavy (non-hydrogen) atoms. The van der Waals surface area contributed by atoms with Crippen molar-refractivity contribution in [2.45, 2.75) is 19.8 Å². The molecule has 0 atom stereocenters. The first-order valence-electron chi connectivity index (χ1n) is 10.1. The summed E-state index contributed by atoms with van der Waals surface area (Å²) < 4.78 is 0.962. The van der Waals surface area contributed by atoms with Gasteiger partial charge in [-0.05, 0) is 31.2 Å². The zero-order valence-corrected chi connectivity index (χ0v) is 17.5. The van der Waals surface area contributed by atoms with Crippen LogP contribution >= 0.6 is 0 Å². The van der Waals surface area contributed by atoms with Crippen LogP contribution in [0.25, 0.3) is 0 Å². The molecule has 2 rings (SSSR count). The molecular formula is C21H30N5O4+. The second kappa shape index (κ2) is 11.1. The summed E-state index contributed by atoms with van der Waals surface area (Å²) in [6.45, 7) is 6.92. The van der Waals surface area contributed by atoms with Crippen LogP contribution < -0.4 is 10.6 Å². The van der Waals surface area contributed by atoms with Crippen molar-refractivity contribution in [2.24, 2.45) is 0 Å². The highest BCUT2D eigenvalue weighted by Gasteiger charge is 2.18. The molecular weight excluding hydrogens is 386 g/mol. The number of nitrogens with zero attached hydrogens (tertiary/aromatic N) is 3. The van der Waals surface area contributed by atoms with Crippen LogP contribution in [0.3, 0.4) is 0 Å². The van der Waals surface area contributed by atoms with E-state index < -0.39 is 9.85 Å². The van der Waals surface area contributed by atoms with E-state index in [4.69, 9.17) is 0 Å². The van der Waals surface area contributed by atoms with Crippen LogP contribution in [-0.4, -0.2) is 54.1 Å². The Labute approximate surface area is 176 Å². The molecule has 0 heterocycles. The molecule has 0 radical (unpaired) electrons. The predicted octanol–water partition coefficient (Wildman–Crippen LogP) is 4.27. The summed E-state index contributed by atoms with van der Waals surface area (Å²) in [4.78, 5) is 20.6. The van der Waals surface area contributed by atoms with Gasteiger partial charge in [0, 0.05) is 61.6 Å². The first-order valence-corrected chi connectivity index (χ1v) is 10.1. The monoisotopic (exact) mass is 416 g/mol. The maximum atomic E-state index is 10.7. The van der Waals surface area contributed by atoms with Gasteiger partial charge in [0.25, 0.3) is 11.4 Å². The van der Waals surface area contributed by atoms with Gasteiger partial charge in [0.2, 0.25) is 0 Å². The van der Waals surface area contributed by atoms with Crippen LogP contribution in [0.1, 0.15) is 19.8 Å². The van der Waals surface area contributed by atoms with Gasteiger partial charge in [-0.2, -0.15) is 0 Å². The Hall–Kier alpha value is -3.20. The summed E-state index contributed by atoms with van der Waals surface area (Å²) in [6.07, 6.45) is 1.99. The van der Waals surface area contributed by atoms with Crippen molar-refractivity contribution in [1.29, 1.82) is 0 Å². The third-order valence-electron chi connectivity index (χ3n) is 5.33. The topological polar surface area (TPSA) is 110 Å². The Kier molecular flexibility index (Phi) is 8.54. The van der Waals surface area contributed by atoms with Gasteiger partial charge in [0.15, 0.2) is 0 Å². The normalized spacial score (nSPS) is 11.1. The van der Waals surface area contributed by atoms with Gasteiger partial charge in [-0.25, -0.2) is 0 Å². The highest BCUT2D eigenvalue weighted by Crippen LogP contribution is 2.17. The van der Waals surface area contributed by atoms with Gasteiger partial charge in [-0.15, -0.1) is 0 Å². The number of rotatable bonds is 13. The molecule has 0 amide bonds. The van der Waals surface area contributed by atoms with Crippen LogP contribution in [0.4, 0.5) is 22.7 Å². The maximum Gasteiger partial charge on any atom is 0.269 e. The van der Waals surface area contributed by atoms with Crippen molar-refractivity contribution < 1.29 is 14.3 Å². The van der Waals surface area contributed by atoms with Gasteiger partial charge >= 0.3 is 0 Å². The minimum Gasteiger partial charge on any atom is -0.385 e. The van der Waals surface area contributed by atoms with Crippen LogP contribution in [0, 0.1) is 20.2 Å². The minimum absolute atomic E-state index is 0.0955. The smallest absolute Gasteiger partial charge is 0.269 e. The van der Waals surface area contributed by atoms with Crippen molar-refractivity contribution in [3.05, 3.63) is 68.8 Å². The summed E-state index contributed by atoms with van der Waals surface area (Å²) in [5, 5.41) is 28.0. The van der Waals surface area contributed by atoms with E-state index in [2.05, 4.69) is 24.6 Å². The van der Waals surface area contributed by atoms with Crippen LogP contribution in [-0.2, 0) is 0 Å². The van der Waals surface area contributed by atoms with E-state index in [9.17, 15) is 20.2 Å². The summed E-state index contributed by atoms with van der Waals surface area (Å²) >= 11 is 0. The number of non-ortho nitro benzene ring substituents is 2. The molecule has 0 saturated carbocycles. The molecule has 2 N–H and O–H groups in total. The molecule has 0 unspecified atom stereocenters. The van der Waals surface area contributed by atoms with E-state index in [-0.39, 0.29) is 11.4 Å². The molecule has 0 aromatic heterocycles. The van der Waals surface area contributed by atoms with E-state index in [1.807, 2.05) is 0 Å². The predicted molar refractivity (Wildman–Crippen MR) is 119 cm³/mol. The second-order valence-electron chi connectivity index (χ2n) is 7.55. The highest BCUT2D eigenvalue weighted by molar-refractivity contribution is 5.49. The number of hydrogen-bond acceptors (Lipinski definition) is 6. The standard InChI is InChI=1S/C21H30N5O4/c1-3-26(2,16-4-14-22-18-6-10-20(11-7-18)24(27)28)17-5-15-23-19-8-12-21(13-9-19)25(29)30/h6-13,22-23H,3-5,14-17H2,1-2H3/q+1. The first-order chi connectivity index (χ1) is 14.3. The largest absolute Gasteiger partial charge is 0.385 e. The van der Waals surface area contributed by atoms with Crippen molar-refractivity contribution in [1.82, 2.24) is 0 Å². The molecule has 0 saturated heterocycles. The fourth-order valence-electron chi connectivity index (χ4n) is 3.22. The van der Waals surface area contributed by atoms with Crippen molar-refractivity contribution >= 4 is 22.7 Å². The first kappa shape index (κ1) is 23.1. The number of hydrogen-bond donors (Lipinski definition) is 2. The summed E-state index contributed by atoms with van der Waals surface area (Å²) in [5.74, 6) is 0. The molecule has 2 aromatic rings. The number of nitro benzene ring substituents is 2. The molecule has 0 aliphatic carbocycles. The third kappa shape index (κ3) is 7.32. The molecule has 9 nitrogen and oxygen atoms in total. The van der Waals surface area contributed by atoms with Gasteiger partial charge in [-0.3, -0.25) is 20.2 Å². The Morgan fingerprint density at radius 2 is 1.13 bits per heavy atom. The van der Waals surface area contributed by atoms with E-state index >= 15 is 0 Å². The number of anilines is 2. The second-order valence-corrected chi connectivity index (χ2v) is 7.55. The maximum absolute atomic E-state index is 10.7. The van der Waals surface area contributed by atoms with Crippen molar-refractivity contribution in [2.75, 3.05) is 50.4 Å². The van der Waals surface area contributed by atoms with E-state index in [1.54, 1.807) is 24.3 Å². The lowest BCUT2D eigenvalue weighted by Gasteiger charge is -2.33. The van der Waals surface area contributed by atoms with E-state index in [0.717, 1.165) is 61.4 Å². The van der Waals surface area contributed by atoms with Gasteiger partial charge in [0.1, 0.15) is 0 Å². The van der Waals surface area contributed by atoms with Gasteiger partial charge in [0.05, 0.1) is 36.5 Å². The molecule has 0 aliphatic rings. The van der Waals surface area contributed by atoms with E-state index in [0.29, 0.717) is 0 Å². The van der Waals surface area contributed by atoms with Crippen LogP contribution in [0.2, 0.25) is 0 Å². The molecule has 0 bridgehead atoms. The average Bonchev–Trinajstić information content (AvgIpc) is 2.75. The van der Waals surface area contributed by atoms with Gasteiger partial charge < -0.3 is 15.1 Å². The number of nitro groups is 2. The number of benzene rings is 2. The molecule has 162 valence electrons. The minimum atomic E-state index is -0.398. The van der Waals surface area contributed by atoms with Crippen molar-refractivity contribution in [3.63, 3.8) is 0 Å². The fourth-order valence-corrected chi connectivity index (χ4v) is 3.22. The summed E-state index contributed by atoms with van der Waals surface area (Å²) in [7, 11) is 2.25. The molecule has 0 spiro atoms. The molecule has 0 aliphatic heterocycles. The number of quaternary nitrogens is 1. The molecule has 0 fully saturated rings. The summed E-state index contributed by atoms with van der Waals surface area (Å²) in [5.41, 5.74) is 1.97. The molecule has 9 heteroatoms.